The van der Waals surface area contributed by atoms with Crippen LogP contribution in [0.5, 0.6) is 0 Å². The summed E-state index contributed by atoms with van der Waals surface area (Å²) in [6, 6.07) is 3.43. The second-order valence-electron chi connectivity index (χ2n) is 4.04. The van der Waals surface area contributed by atoms with E-state index in [9.17, 15) is 4.79 Å². The van der Waals surface area contributed by atoms with Gasteiger partial charge in [-0.15, -0.1) is 28.3 Å². The third-order valence-electron chi connectivity index (χ3n) is 2.86. The summed E-state index contributed by atoms with van der Waals surface area (Å²) in [5.74, 6) is 1.24. The number of nitrogens with one attached hydrogen (secondary N) is 2. The Morgan fingerprint density at radius 3 is 2.78 bits per heavy atom. The van der Waals surface area contributed by atoms with Gasteiger partial charge in [-0.1, -0.05) is 6.92 Å². The minimum Gasteiger partial charge on any atom is -0.361 e. The van der Waals surface area contributed by atoms with Crippen molar-refractivity contribution in [2.75, 3.05) is 17.1 Å². The largest absolute Gasteiger partial charge is 0.364 e. The highest BCUT2D eigenvalue weighted by Crippen LogP contribution is 2.20. The van der Waals surface area contributed by atoms with Gasteiger partial charge in [0.1, 0.15) is 5.82 Å². The Balaban J connectivity index is 2.36. The van der Waals surface area contributed by atoms with Crippen molar-refractivity contribution < 1.29 is 0 Å². The average molecular weight is 290 g/mol. The SMILES string of the molecule is CCC(CCl)(CCl)Nc1ccc2n[nH]c(=O)n2n1. The zero-order chi connectivity index (χ0) is 13.2. The second kappa shape index (κ2) is 5.16. The van der Waals surface area contributed by atoms with Crippen molar-refractivity contribution >= 4 is 34.7 Å². The quantitative estimate of drug-likeness (QED) is 0.817. The standard InChI is InChI=1S/C10H13Cl2N5O/c1-2-10(5-11,6-12)13-7-3-4-8-14-15-9(18)17(8)16-7/h3-4H,2,5-6H2,1H3,(H,13,16)(H,15,18). The first-order valence-electron chi connectivity index (χ1n) is 5.49. The van der Waals surface area contributed by atoms with E-state index in [2.05, 4.69) is 20.6 Å². The van der Waals surface area contributed by atoms with Crippen LogP contribution in [0.2, 0.25) is 0 Å². The van der Waals surface area contributed by atoms with E-state index in [1.807, 2.05) is 6.92 Å². The topological polar surface area (TPSA) is 75.1 Å². The van der Waals surface area contributed by atoms with Gasteiger partial charge in [0.2, 0.25) is 0 Å². The first kappa shape index (κ1) is 13.2. The Kier molecular flexibility index (Phi) is 3.77. The molecule has 6 nitrogen and oxygen atoms in total. The van der Waals surface area contributed by atoms with Crippen LogP contribution in [0.15, 0.2) is 16.9 Å². The number of anilines is 1. The number of halogens is 2. The maximum absolute atomic E-state index is 11.4. The number of fused-ring (bicyclic) bond motifs is 1. The molecule has 0 aromatic carbocycles. The van der Waals surface area contributed by atoms with Crippen LogP contribution in [-0.2, 0) is 0 Å². The third kappa shape index (κ3) is 2.30. The Bertz CT molecular complexity index is 581. The predicted molar refractivity (Wildman–Crippen MR) is 71.7 cm³/mol. The number of hydrogen-bond donors (Lipinski definition) is 2. The van der Waals surface area contributed by atoms with Crippen molar-refractivity contribution in [2.24, 2.45) is 0 Å². The molecule has 2 aromatic heterocycles. The van der Waals surface area contributed by atoms with Gasteiger partial charge in [-0.3, -0.25) is 0 Å². The van der Waals surface area contributed by atoms with Crippen LogP contribution in [-0.4, -0.2) is 37.1 Å². The highest BCUT2D eigenvalue weighted by atomic mass is 35.5. The van der Waals surface area contributed by atoms with Gasteiger partial charge in [-0.25, -0.2) is 9.89 Å². The molecule has 2 N–H and O–H groups in total. The van der Waals surface area contributed by atoms with Gasteiger partial charge in [0.25, 0.3) is 0 Å². The first-order valence-corrected chi connectivity index (χ1v) is 6.55. The predicted octanol–water partition coefficient (Wildman–Crippen LogP) is 1.46. The summed E-state index contributed by atoms with van der Waals surface area (Å²) in [4.78, 5) is 11.4. The van der Waals surface area contributed by atoms with E-state index in [-0.39, 0.29) is 5.69 Å². The van der Waals surface area contributed by atoms with E-state index in [1.165, 1.54) is 4.52 Å². The maximum atomic E-state index is 11.4. The summed E-state index contributed by atoms with van der Waals surface area (Å²) in [7, 11) is 0. The minimum absolute atomic E-state index is 0.354. The van der Waals surface area contributed by atoms with Gasteiger partial charge < -0.3 is 5.32 Å². The molecule has 0 atom stereocenters. The van der Waals surface area contributed by atoms with E-state index in [0.717, 1.165) is 6.42 Å². The number of aromatic nitrogens is 4. The van der Waals surface area contributed by atoms with E-state index in [1.54, 1.807) is 12.1 Å². The van der Waals surface area contributed by atoms with Crippen molar-refractivity contribution in [3.8, 4) is 0 Å². The summed E-state index contributed by atoms with van der Waals surface area (Å²) >= 11 is 11.9. The van der Waals surface area contributed by atoms with Crippen LogP contribution in [0.25, 0.3) is 5.65 Å². The molecular weight excluding hydrogens is 277 g/mol. The number of aromatic amines is 1. The van der Waals surface area contributed by atoms with E-state index >= 15 is 0 Å². The Hall–Kier alpha value is -1.27. The molecule has 0 unspecified atom stereocenters. The molecular formula is C10H13Cl2N5O. The summed E-state index contributed by atoms with van der Waals surface area (Å²) in [6.07, 6.45) is 0.750. The third-order valence-corrected chi connectivity index (χ3v) is 3.88. The molecule has 0 aliphatic rings. The summed E-state index contributed by atoms with van der Waals surface area (Å²) in [6.45, 7) is 1.99. The zero-order valence-electron chi connectivity index (χ0n) is 9.78. The smallest absolute Gasteiger partial charge is 0.361 e. The molecule has 0 spiro atoms. The van der Waals surface area contributed by atoms with Gasteiger partial charge in [-0.05, 0) is 18.6 Å². The molecule has 2 rings (SSSR count). The lowest BCUT2D eigenvalue weighted by Gasteiger charge is -2.29. The fourth-order valence-electron chi connectivity index (χ4n) is 1.52. The highest BCUT2D eigenvalue weighted by Gasteiger charge is 2.26. The first-order chi connectivity index (χ1) is 8.64. The minimum atomic E-state index is -0.433. The van der Waals surface area contributed by atoms with Gasteiger partial charge in [-0.2, -0.15) is 9.61 Å². The second-order valence-corrected chi connectivity index (χ2v) is 4.58. The zero-order valence-corrected chi connectivity index (χ0v) is 11.3. The van der Waals surface area contributed by atoms with Crippen LogP contribution >= 0.6 is 23.2 Å². The molecule has 0 fully saturated rings. The number of alkyl halides is 2. The fraction of sp³-hybridized carbons (Fsp3) is 0.500. The van der Waals surface area contributed by atoms with Gasteiger partial charge in [0, 0.05) is 11.8 Å². The molecule has 0 amide bonds. The van der Waals surface area contributed by atoms with Gasteiger partial charge >= 0.3 is 5.69 Å². The normalized spacial score (nSPS) is 11.9. The van der Waals surface area contributed by atoms with E-state index in [0.29, 0.717) is 23.2 Å². The van der Waals surface area contributed by atoms with Crippen LogP contribution in [0.3, 0.4) is 0 Å². The van der Waals surface area contributed by atoms with Crippen LogP contribution < -0.4 is 11.0 Å². The van der Waals surface area contributed by atoms with Crippen LogP contribution in [0, 0.1) is 0 Å². The lowest BCUT2D eigenvalue weighted by molar-refractivity contribution is 0.556. The number of nitrogens with zero attached hydrogens (tertiary/aromatic N) is 3. The average Bonchev–Trinajstić information content (AvgIpc) is 2.78. The number of rotatable bonds is 5. The van der Waals surface area contributed by atoms with Crippen molar-refractivity contribution in [1.29, 1.82) is 0 Å². The molecule has 0 saturated heterocycles. The van der Waals surface area contributed by atoms with Crippen molar-refractivity contribution in [2.45, 2.75) is 18.9 Å². The maximum Gasteiger partial charge on any atom is 0.364 e. The molecule has 8 heteroatoms. The summed E-state index contributed by atoms with van der Waals surface area (Å²) < 4.78 is 1.19. The summed E-state index contributed by atoms with van der Waals surface area (Å²) in [5.41, 5.74) is -0.353. The fourth-order valence-corrected chi connectivity index (χ4v) is 2.32. The summed E-state index contributed by atoms with van der Waals surface area (Å²) in [5, 5.41) is 13.4. The van der Waals surface area contributed by atoms with Crippen molar-refractivity contribution in [1.82, 2.24) is 19.8 Å². The molecule has 2 aromatic rings. The number of H-pyrrole nitrogens is 1. The van der Waals surface area contributed by atoms with Gasteiger partial charge in [0.15, 0.2) is 5.65 Å². The molecule has 98 valence electrons. The van der Waals surface area contributed by atoms with Gasteiger partial charge in [0.05, 0.1) is 5.54 Å². The molecule has 0 aliphatic heterocycles. The Morgan fingerprint density at radius 2 is 2.17 bits per heavy atom. The number of hydrogen-bond acceptors (Lipinski definition) is 4. The Morgan fingerprint density at radius 1 is 1.44 bits per heavy atom. The molecule has 2 heterocycles. The van der Waals surface area contributed by atoms with E-state index < -0.39 is 5.54 Å². The molecule has 0 saturated carbocycles. The molecule has 0 radical (unpaired) electrons. The van der Waals surface area contributed by atoms with Crippen LogP contribution in [0.1, 0.15) is 13.3 Å². The molecule has 0 bridgehead atoms. The lowest BCUT2D eigenvalue weighted by Crippen LogP contribution is -2.42. The molecule has 0 aliphatic carbocycles. The van der Waals surface area contributed by atoms with Crippen molar-refractivity contribution in [3.63, 3.8) is 0 Å². The van der Waals surface area contributed by atoms with Crippen LogP contribution in [0.4, 0.5) is 5.82 Å². The highest BCUT2D eigenvalue weighted by molar-refractivity contribution is 6.22. The van der Waals surface area contributed by atoms with E-state index in [4.69, 9.17) is 23.2 Å². The lowest BCUT2D eigenvalue weighted by atomic mass is 10.0. The van der Waals surface area contributed by atoms with Crippen molar-refractivity contribution in [3.05, 3.63) is 22.6 Å². The molecule has 18 heavy (non-hydrogen) atoms. The monoisotopic (exact) mass is 289 g/mol. The Labute approximate surface area is 113 Å².